The Hall–Kier alpha value is -2.89. The molecule has 2 N–H and O–H groups in total. The molecule has 2 aromatic rings. The molecular formula is C20H27N3O3. The van der Waals surface area contributed by atoms with E-state index < -0.39 is 0 Å². The number of hydrogen-bond acceptors (Lipinski definition) is 4. The number of ether oxygens (including phenoxy) is 3. The number of anilines is 1. The summed E-state index contributed by atoms with van der Waals surface area (Å²) in [5.74, 6) is 2.96. The number of hydrogen-bond donors (Lipinski definition) is 2. The number of guanidine groups is 1. The summed E-state index contributed by atoms with van der Waals surface area (Å²) in [6.45, 7) is 2.79. The van der Waals surface area contributed by atoms with E-state index in [2.05, 4.69) is 33.8 Å². The van der Waals surface area contributed by atoms with Gasteiger partial charge in [-0.05, 0) is 42.7 Å². The van der Waals surface area contributed by atoms with Crippen LogP contribution in [0.5, 0.6) is 17.2 Å². The van der Waals surface area contributed by atoms with Gasteiger partial charge in [0, 0.05) is 25.3 Å². The van der Waals surface area contributed by atoms with E-state index in [9.17, 15) is 0 Å². The van der Waals surface area contributed by atoms with Gasteiger partial charge >= 0.3 is 0 Å². The zero-order chi connectivity index (χ0) is 18.9. The van der Waals surface area contributed by atoms with Crippen molar-refractivity contribution in [2.24, 2.45) is 4.99 Å². The summed E-state index contributed by atoms with van der Waals surface area (Å²) >= 11 is 0. The topological polar surface area (TPSA) is 64.1 Å². The van der Waals surface area contributed by atoms with E-state index in [0.29, 0.717) is 17.5 Å². The molecule has 6 nitrogen and oxygen atoms in total. The van der Waals surface area contributed by atoms with E-state index in [-0.39, 0.29) is 0 Å². The van der Waals surface area contributed by atoms with Crippen molar-refractivity contribution in [3.8, 4) is 17.2 Å². The highest BCUT2D eigenvalue weighted by atomic mass is 16.5. The van der Waals surface area contributed by atoms with E-state index in [1.807, 2.05) is 25.1 Å². The monoisotopic (exact) mass is 357 g/mol. The van der Waals surface area contributed by atoms with Gasteiger partial charge in [0.25, 0.3) is 0 Å². The first-order valence-corrected chi connectivity index (χ1v) is 8.44. The number of aliphatic imine (C=N–C) groups is 1. The van der Waals surface area contributed by atoms with Crippen molar-refractivity contribution in [3.63, 3.8) is 0 Å². The van der Waals surface area contributed by atoms with Gasteiger partial charge in [-0.3, -0.25) is 4.99 Å². The zero-order valence-electron chi connectivity index (χ0n) is 16.1. The Morgan fingerprint density at radius 3 is 2.31 bits per heavy atom. The molecule has 0 aliphatic carbocycles. The van der Waals surface area contributed by atoms with Crippen LogP contribution >= 0.6 is 0 Å². The molecule has 6 heteroatoms. The maximum Gasteiger partial charge on any atom is 0.195 e. The molecule has 0 fully saturated rings. The van der Waals surface area contributed by atoms with Crippen LogP contribution in [0.15, 0.2) is 41.4 Å². The molecule has 0 saturated heterocycles. The zero-order valence-corrected chi connectivity index (χ0v) is 16.1. The van der Waals surface area contributed by atoms with Crippen molar-refractivity contribution in [2.45, 2.75) is 13.3 Å². The van der Waals surface area contributed by atoms with Gasteiger partial charge in [0.15, 0.2) is 17.5 Å². The number of methoxy groups -OCH3 is 3. The molecular weight excluding hydrogens is 330 g/mol. The van der Waals surface area contributed by atoms with Gasteiger partial charge in [-0.25, -0.2) is 0 Å². The smallest absolute Gasteiger partial charge is 0.195 e. The van der Waals surface area contributed by atoms with Crippen LogP contribution in [0.25, 0.3) is 0 Å². The van der Waals surface area contributed by atoms with Crippen molar-refractivity contribution in [1.29, 1.82) is 0 Å². The van der Waals surface area contributed by atoms with Gasteiger partial charge in [-0.2, -0.15) is 0 Å². The van der Waals surface area contributed by atoms with E-state index >= 15 is 0 Å². The standard InChI is InChI=1S/C20H27N3O3/c1-14-6-7-15(12-18(14)25-4)10-11-22-20(21-2)23-16-8-9-17(24-3)19(13-16)26-5/h6-9,12-13H,10-11H2,1-5H3,(H2,21,22,23). The molecule has 26 heavy (non-hydrogen) atoms. The lowest BCUT2D eigenvalue weighted by Crippen LogP contribution is -2.32. The minimum atomic E-state index is 0.666. The molecule has 0 amide bonds. The summed E-state index contributed by atoms with van der Waals surface area (Å²) in [7, 11) is 6.67. The lowest BCUT2D eigenvalue weighted by Gasteiger charge is -2.14. The largest absolute Gasteiger partial charge is 0.496 e. The maximum atomic E-state index is 5.38. The summed E-state index contributed by atoms with van der Waals surface area (Å²) in [5.41, 5.74) is 3.21. The molecule has 0 unspecified atom stereocenters. The molecule has 0 spiro atoms. The fourth-order valence-corrected chi connectivity index (χ4v) is 2.58. The van der Waals surface area contributed by atoms with E-state index in [0.717, 1.165) is 30.0 Å². The maximum absolute atomic E-state index is 5.38. The van der Waals surface area contributed by atoms with Crippen LogP contribution in [0.4, 0.5) is 5.69 Å². The summed E-state index contributed by atoms with van der Waals surface area (Å²) in [4.78, 5) is 4.26. The lowest BCUT2D eigenvalue weighted by atomic mass is 10.1. The quantitative estimate of drug-likeness (QED) is 0.588. The number of nitrogens with zero attached hydrogens (tertiary/aromatic N) is 1. The normalized spacial score (nSPS) is 11.0. The van der Waals surface area contributed by atoms with Crippen LogP contribution < -0.4 is 24.8 Å². The molecule has 2 aromatic carbocycles. The van der Waals surface area contributed by atoms with Crippen molar-refractivity contribution >= 4 is 11.6 Å². The van der Waals surface area contributed by atoms with E-state index in [1.54, 1.807) is 28.4 Å². The number of benzene rings is 2. The Kier molecular flexibility index (Phi) is 7.14. The fraction of sp³-hybridized carbons (Fsp3) is 0.350. The van der Waals surface area contributed by atoms with Crippen molar-refractivity contribution in [2.75, 3.05) is 40.2 Å². The Bertz CT molecular complexity index is 760. The first-order valence-electron chi connectivity index (χ1n) is 8.44. The van der Waals surface area contributed by atoms with Crippen LogP contribution in [0.2, 0.25) is 0 Å². The van der Waals surface area contributed by atoms with Crippen LogP contribution in [0.3, 0.4) is 0 Å². The third kappa shape index (κ3) is 5.05. The summed E-state index contributed by atoms with van der Waals surface area (Å²) in [6.07, 6.45) is 0.864. The lowest BCUT2D eigenvalue weighted by molar-refractivity contribution is 0.355. The highest BCUT2D eigenvalue weighted by Gasteiger charge is 2.06. The van der Waals surface area contributed by atoms with Gasteiger partial charge in [0.05, 0.1) is 21.3 Å². The van der Waals surface area contributed by atoms with Crippen LogP contribution in [0.1, 0.15) is 11.1 Å². The number of rotatable bonds is 7. The van der Waals surface area contributed by atoms with Gasteiger partial charge in [0.1, 0.15) is 5.75 Å². The minimum Gasteiger partial charge on any atom is -0.496 e. The van der Waals surface area contributed by atoms with Gasteiger partial charge in [-0.15, -0.1) is 0 Å². The average molecular weight is 357 g/mol. The highest BCUT2D eigenvalue weighted by Crippen LogP contribution is 2.29. The molecule has 0 heterocycles. The third-order valence-electron chi connectivity index (χ3n) is 4.05. The van der Waals surface area contributed by atoms with Crippen molar-refractivity contribution in [1.82, 2.24) is 5.32 Å². The average Bonchev–Trinajstić information content (AvgIpc) is 2.68. The molecule has 2 rings (SSSR count). The molecule has 0 radical (unpaired) electrons. The Morgan fingerprint density at radius 1 is 0.923 bits per heavy atom. The molecule has 0 bridgehead atoms. The second kappa shape index (κ2) is 9.56. The fourth-order valence-electron chi connectivity index (χ4n) is 2.58. The SMILES string of the molecule is CN=C(NCCc1ccc(C)c(OC)c1)Nc1ccc(OC)c(OC)c1. The second-order valence-electron chi connectivity index (χ2n) is 5.75. The summed E-state index contributed by atoms with van der Waals surface area (Å²) in [6, 6.07) is 11.9. The third-order valence-corrected chi connectivity index (χ3v) is 4.05. The molecule has 0 atom stereocenters. The van der Waals surface area contributed by atoms with E-state index in [4.69, 9.17) is 14.2 Å². The predicted molar refractivity (Wildman–Crippen MR) is 106 cm³/mol. The molecule has 0 aliphatic rings. The van der Waals surface area contributed by atoms with Gasteiger partial charge in [0.2, 0.25) is 0 Å². The van der Waals surface area contributed by atoms with Crippen molar-refractivity contribution < 1.29 is 14.2 Å². The first kappa shape index (κ1) is 19.4. The van der Waals surface area contributed by atoms with Crippen LogP contribution in [-0.2, 0) is 6.42 Å². The van der Waals surface area contributed by atoms with Crippen LogP contribution in [-0.4, -0.2) is 40.9 Å². The molecule has 0 aromatic heterocycles. The predicted octanol–water partition coefficient (Wildman–Crippen LogP) is 3.25. The minimum absolute atomic E-state index is 0.666. The first-order chi connectivity index (χ1) is 12.6. The van der Waals surface area contributed by atoms with Gasteiger partial charge in [-0.1, -0.05) is 12.1 Å². The Labute approximate surface area is 155 Å². The van der Waals surface area contributed by atoms with E-state index in [1.165, 1.54) is 5.56 Å². The molecule has 140 valence electrons. The van der Waals surface area contributed by atoms with Gasteiger partial charge < -0.3 is 24.8 Å². The second-order valence-corrected chi connectivity index (χ2v) is 5.75. The highest BCUT2D eigenvalue weighted by molar-refractivity contribution is 5.93. The summed E-state index contributed by atoms with van der Waals surface area (Å²) < 4.78 is 16.0. The molecule has 0 aliphatic heterocycles. The van der Waals surface area contributed by atoms with Crippen molar-refractivity contribution in [3.05, 3.63) is 47.5 Å². The Balaban J connectivity index is 1.94. The number of aryl methyl sites for hydroxylation is 1. The summed E-state index contributed by atoms with van der Waals surface area (Å²) in [5, 5.41) is 6.56. The molecule has 0 saturated carbocycles. The number of nitrogens with one attached hydrogen (secondary N) is 2. The van der Waals surface area contributed by atoms with Crippen LogP contribution in [0, 0.1) is 6.92 Å². The Morgan fingerprint density at radius 2 is 1.65 bits per heavy atom.